The van der Waals surface area contributed by atoms with Gasteiger partial charge in [0.2, 0.25) is 0 Å². The second-order valence-corrected chi connectivity index (χ2v) is 6.95. The number of nitrogens with zero attached hydrogens (tertiary/aromatic N) is 1. The minimum atomic E-state index is -0.217. The van der Waals surface area contributed by atoms with Gasteiger partial charge in [-0.2, -0.15) is 0 Å². The first-order valence-electron chi connectivity index (χ1n) is 6.75. The number of hydrogen-bond donors (Lipinski definition) is 0. The van der Waals surface area contributed by atoms with E-state index >= 15 is 0 Å². The van der Waals surface area contributed by atoms with Crippen molar-refractivity contribution in [3.63, 3.8) is 0 Å². The third kappa shape index (κ3) is 2.95. The smallest absolute Gasteiger partial charge is 0.354 e. The molecule has 1 aliphatic rings. The molecule has 106 valence electrons. The summed E-state index contributed by atoms with van der Waals surface area (Å²) >= 11 is 2.93. The lowest BCUT2D eigenvalue weighted by atomic mass is 9.91. The Morgan fingerprint density at radius 2 is 2.25 bits per heavy atom. The zero-order chi connectivity index (χ0) is 13.9. The van der Waals surface area contributed by atoms with Crippen LogP contribution in [0.3, 0.4) is 0 Å². The van der Waals surface area contributed by atoms with Crippen LogP contribution in [-0.2, 0) is 0 Å². The van der Waals surface area contributed by atoms with Crippen LogP contribution in [0.25, 0.3) is 0 Å². The molecule has 1 atom stereocenters. The highest BCUT2D eigenvalue weighted by atomic mass is 32.1. The summed E-state index contributed by atoms with van der Waals surface area (Å²) in [5.74, 6) is 0.233. The van der Waals surface area contributed by atoms with E-state index < -0.39 is 0 Å². The first-order valence-corrected chi connectivity index (χ1v) is 8.51. The van der Waals surface area contributed by atoms with Gasteiger partial charge in [-0.1, -0.05) is 0 Å². The Labute approximate surface area is 126 Å². The predicted molar refractivity (Wildman–Crippen MR) is 83.1 cm³/mol. The molecule has 3 nitrogen and oxygen atoms in total. The summed E-state index contributed by atoms with van der Waals surface area (Å²) in [6, 6.07) is 5.79. The molecule has 0 aromatic carbocycles. The van der Waals surface area contributed by atoms with E-state index in [0.29, 0.717) is 11.0 Å². The van der Waals surface area contributed by atoms with Gasteiger partial charge in [0.25, 0.3) is 0 Å². The Balaban J connectivity index is 1.77. The fraction of sp³-hybridized carbons (Fsp3) is 0.400. The number of hydrogen-bond acceptors (Lipinski definition) is 5. The lowest BCUT2D eigenvalue weighted by molar-refractivity contribution is 0.0743. The maximum atomic E-state index is 12.3. The molecule has 0 aliphatic carbocycles. The lowest BCUT2D eigenvalue weighted by Gasteiger charge is -2.29. The summed E-state index contributed by atoms with van der Waals surface area (Å²) < 4.78 is 5.43. The maximum Gasteiger partial charge on any atom is 0.354 e. The van der Waals surface area contributed by atoms with Gasteiger partial charge in [0.1, 0.15) is 4.88 Å². The normalized spacial score (nSPS) is 19.9. The highest BCUT2D eigenvalue weighted by Crippen LogP contribution is 2.32. The first kappa shape index (κ1) is 13.8. The largest absolute Gasteiger partial charge is 0.411 e. The molecule has 0 saturated carbocycles. The molecular weight excluding hydrogens is 290 g/mol. The fourth-order valence-electron chi connectivity index (χ4n) is 2.69. The Kier molecular flexibility index (Phi) is 4.19. The Morgan fingerprint density at radius 3 is 3.00 bits per heavy atom. The fourth-order valence-corrected chi connectivity index (χ4v) is 4.12. The summed E-state index contributed by atoms with van der Waals surface area (Å²) in [4.78, 5) is 15.4. The standard InChI is InChI=1S/C15H17NO2S2/c1-16-7-2-4-11(10-16)12-6-9-20-14(12)15(17)18-13-5-3-8-19-13/h3,5-6,8-9,11H,2,4,7,10H2,1H3. The van der Waals surface area contributed by atoms with Crippen molar-refractivity contribution in [1.29, 1.82) is 0 Å². The third-order valence-corrected chi connectivity index (χ3v) is 5.29. The summed E-state index contributed by atoms with van der Waals surface area (Å²) in [5.41, 5.74) is 1.16. The van der Waals surface area contributed by atoms with Crippen molar-refractivity contribution >= 4 is 28.6 Å². The van der Waals surface area contributed by atoms with Crippen LogP contribution >= 0.6 is 22.7 Å². The molecule has 2 aromatic rings. The molecule has 20 heavy (non-hydrogen) atoms. The van der Waals surface area contributed by atoms with E-state index in [9.17, 15) is 4.79 Å². The Morgan fingerprint density at radius 1 is 1.35 bits per heavy atom. The van der Waals surface area contributed by atoms with E-state index in [4.69, 9.17) is 4.74 Å². The van der Waals surface area contributed by atoms with Crippen LogP contribution in [0.4, 0.5) is 0 Å². The highest BCUT2D eigenvalue weighted by molar-refractivity contribution is 7.13. The molecule has 0 spiro atoms. The number of likely N-dealkylation sites (tertiary alicyclic amines) is 1. The van der Waals surface area contributed by atoms with Gasteiger partial charge >= 0.3 is 5.97 Å². The second kappa shape index (κ2) is 6.08. The van der Waals surface area contributed by atoms with Gasteiger partial charge in [0.05, 0.1) is 0 Å². The van der Waals surface area contributed by atoms with Gasteiger partial charge in [0.15, 0.2) is 5.06 Å². The van der Waals surface area contributed by atoms with E-state index in [-0.39, 0.29) is 5.97 Å². The van der Waals surface area contributed by atoms with E-state index in [1.165, 1.54) is 29.1 Å². The van der Waals surface area contributed by atoms with Crippen molar-refractivity contribution in [2.24, 2.45) is 0 Å². The SMILES string of the molecule is CN1CCCC(c2ccsc2C(=O)Oc2cccs2)C1. The van der Waals surface area contributed by atoms with Crippen molar-refractivity contribution in [3.05, 3.63) is 39.4 Å². The van der Waals surface area contributed by atoms with Crippen LogP contribution in [0.1, 0.15) is 34.0 Å². The summed E-state index contributed by atoms with van der Waals surface area (Å²) in [6.45, 7) is 2.17. The van der Waals surface area contributed by atoms with Crippen molar-refractivity contribution in [1.82, 2.24) is 4.90 Å². The molecule has 1 unspecified atom stereocenters. The molecule has 1 aliphatic heterocycles. The number of rotatable bonds is 3. The van der Waals surface area contributed by atoms with Crippen molar-refractivity contribution in [3.8, 4) is 5.06 Å². The van der Waals surface area contributed by atoms with Crippen molar-refractivity contribution < 1.29 is 9.53 Å². The molecule has 0 bridgehead atoms. The molecule has 1 fully saturated rings. The number of likely N-dealkylation sites (N-methyl/N-ethyl adjacent to an activating group) is 1. The number of carbonyl (C=O) groups excluding carboxylic acids is 1. The minimum absolute atomic E-state index is 0.217. The molecule has 0 radical (unpaired) electrons. The number of thiophene rings is 2. The number of piperidine rings is 1. The first-order chi connectivity index (χ1) is 9.74. The van der Waals surface area contributed by atoms with Crippen molar-refractivity contribution in [2.45, 2.75) is 18.8 Å². The number of carbonyl (C=O) groups is 1. The monoisotopic (exact) mass is 307 g/mol. The molecule has 3 rings (SSSR count). The van der Waals surface area contributed by atoms with Crippen LogP contribution in [0.2, 0.25) is 0 Å². The van der Waals surface area contributed by atoms with Crippen LogP contribution < -0.4 is 4.74 Å². The van der Waals surface area contributed by atoms with Crippen molar-refractivity contribution in [2.75, 3.05) is 20.1 Å². The van der Waals surface area contributed by atoms with E-state index in [1.54, 1.807) is 0 Å². The van der Waals surface area contributed by atoms with Crippen LogP contribution in [0.15, 0.2) is 29.0 Å². The molecular formula is C15H17NO2S2. The van der Waals surface area contributed by atoms with Crippen LogP contribution in [-0.4, -0.2) is 31.0 Å². The van der Waals surface area contributed by atoms with E-state index in [0.717, 1.165) is 30.0 Å². The third-order valence-electron chi connectivity index (χ3n) is 3.63. The van der Waals surface area contributed by atoms with Crippen LogP contribution in [0, 0.1) is 0 Å². The van der Waals surface area contributed by atoms with Gasteiger partial charge in [-0.05, 0) is 66.9 Å². The molecule has 2 aromatic heterocycles. The topological polar surface area (TPSA) is 29.5 Å². The van der Waals surface area contributed by atoms with E-state index in [1.807, 2.05) is 22.9 Å². The van der Waals surface area contributed by atoms with E-state index in [2.05, 4.69) is 18.0 Å². The van der Waals surface area contributed by atoms with Gasteiger partial charge in [-0.15, -0.1) is 22.7 Å². The van der Waals surface area contributed by atoms with Gasteiger partial charge in [-0.25, -0.2) is 4.79 Å². The minimum Gasteiger partial charge on any atom is -0.411 e. The number of ether oxygens (including phenoxy) is 1. The zero-order valence-electron chi connectivity index (χ0n) is 11.4. The predicted octanol–water partition coefficient (Wildman–Crippen LogP) is 3.84. The quantitative estimate of drug-likeness (QED) is 0.807. The summed E-state index contributed by atoms with van der Waals surface area (Å²) in [5, 5.41) is 4.57. The summed E-state index contributed by atoms with van der Waals surface area (Å²) in [7, 11) is 2.14. The molecule has 0 amide bonds. The Hall–Kier alpha value is -1.17. The zero-order valence-corrected chi connectivity index (χ0v) is 13.0. The van der Waals surface area contributed by atoms with Gasteiger partial charge in [0, 0.05) is 6.54 Å². The second-order valence-electron chi connectivity index (χ2n) is 5.13. The van der Waals surface area contributed by atoms with Crippen LogP contribution in [0.5, 0.6) is 5.06 Å². The lowest BCUT2D eigenvalue weighted by Crippen LogP contribution is -2.31. The average Bonchev–Trinajstić information content (AvgIpc) is 3.09. The molecule has 3 heterocycles. The molecule has 1 saturated heterocycles. The average molecular weight is 307 g/mol. The maximum absolute atomic E-state index is 12.3. The molecule has 5 heteroatoms. The summed E-state index contributed by atoms with van der Waals surface area (Å²) in [6.07, 6.45) is 2.34. The van der Waals surface area contributed by atoms with Gasteiger partial charge < -0.3 is 9.64 Å². The van der Waals surface area contributed by atoms with Gasteiger partial charge in [-0.3, -0.25) is 0 Å². The Bertz CT molecular complexity index is 576. The molecule has 0 N–H and O–H groups in total. The number of esters is 1. The highest BCUT2D eigenvalue weighted by Gasteiger charge is 2.25.